The van der Waals surface area contributed by atoms with Gasteiger partial charge in [0.1, 0.15) is 0 Å². The molecule has 3 heteroatoms. The standard InChI is InChI=1S/C18H27ClN2/c1-18(2)13-14-6-7-15(19)12-16(14)17(18)20-8-11-21-9-4-3-5-10-21/h6-7,12,17,20H,3-5,8-11,13H2,1-2H3. The maximum Gasteiger partial charge on any atom is 0.0409 e. The van der Waals surface area contributed by atoms with Crippen LogP contribution in [-0.2, 0) is 6.42 Å². The highest BCUT2D eigenvalue weighted by Gasteiger charge is 2.38. The van der Waals surface area contributed by atoms with Crippen LogP contribution in [0.1, 0.15) is 50.3 Å². The van der Waals surface area contributed by atoms with Gasteiger partial charge in [-0.15, -0.1) is 0 Å². The minimum atomic E-state index is 0.273. The summed E-state index contributed by atoms with van der Waals surface area (Å²) < 4.78 is 0. The zero-order valence-electron chi connectivity index (χ0n) is 13.3. The van der Waals surface area contributed by atoms with E-state index in [0.29, 0.717) is 6.04 Å². The van der Waals surface area contributed by atoms with Crippen molar-refractivity contribution in [3.8, 4) is 0 Å². The van der Waals surface area contributed by atoms with E-state index in [4.69, 9.17) is 11.6 Å². The molecule has 1 N–H and O–H groups in total. The van der Waals surface area contributed by atoms with Gasteiger partial charge in [0.05, 0.1) is 0 Å². The third kappa shape index (κ3) is 3.44. The first-order valence-corrected chi connectivity index (χ1v) is 8.68. The monoisotopic (exact) mass is 306 g/mol. The van der Waals surface area contributed by atoms with E-state index >= 15 is 0 Å². The molecule has 21 heavy (non-hydrogen) atoms. The molecule has 2 nitrogen and oxygen atoms in total. The van der Waals surface area contributed by atoms with Crippen LogP contribution in [0, 0.1) is 5.41 Å². The van der Waals surface area contributed by atoms with E-state index in [0.717, 1.165) is 18.0 Å². The van der Waals surface area contributed by atoms with Crippen molar-refractivity contribution in [2.45, 2.75) is 45.6 Å². The summed E-state index contributed by atoms with van der Waals surface area (Å²) in [6.07, 6.45) is 5.28. The molecular weight excluding hydrogens is 280 g/mol. The van der Waals surface area contributed by atoms with Crippen LogP contribution in [0.15, 0.2) is 18.2 Å². The molecule has 0 radical (unpaired) electrons. The Kier molecular flexibility index (Phi) is 4.58. The van der Waals surface area contributed by atoms with Gasteiger partial charge >= 0.3 is 0 Å². The van der Waals surface area contributed by atoms with Gasteiger partial charge in [-0.3, -0.25) is 0 Å². The van der Waals surface area contributed by atoms with E-state index in [1.807, 2.05) is 6.07 Å². The molecule has 1 aromatic rings. The first kappa shape index (κ1) is 15.3. The van der Waals surface area contributed by atoms with Crippen molar-refractivity contribution >= 4 is 11.6 Å². The highest BCUT2D eigenvalue weighted by molar-refractivity contribution is 6.30. The topological polar surface area (TPSA) is 15.3 Å². The second-order valence-electron chi connectivity index (χ2n) is 7.30. The number of fused-ring (bicyclic) bond motifs is 1. The SMILES string of the molecule is CC1(C)Cc2ccc(Cl)cc2C1NCCN1CCCCC1. The van der Waals surface area contributed by atoms with Crippen molar-refractivity contribution in [3.63, 3.8) is 0 Å². The third-order valence-corrected chi connectivity index (χ3v) is 5.31. The molecule has 0 amide bonds. The molecular formula is C18H27ClN2. The summed E-state index contributed by atoms with van der Waals surface area (Å²) in [4.78, 5) is 2.59. The van der Waals surface area contributed by atoms with Crippen LogP contribution in [0.5, 0.6) is 0 Å². The number of hydrogen-bond donors (Lipinski definition) is 1. The van der Waals surface area contributed by atoms with Crippen LogP contribution in [0.3, 0.4) is 0 Å². The Morgan fingerprint density at radius 3 is 2.76 bits per heavy atom. The maximum atomic E-state index is 6.20. The summed E-state index contributed by atoms with van der Waals surface area (Å²) in [7, 11) is 0. The van der Waals surface area contributed by atoms with Gasteiger partial charge < -0.3 is 10.2 Å². The zero-order chi connectivity index (χ0) is 14.9. The second-order valence-corrected chi connectivity index (χ2v) is 7.73. The van der Waals surface area contributed by atoms with Crippen molar-refractivity contribution in [3.05, 3.63) is 34.3 Å². The van der Waals surface area contributed by atoms with E-state index < -0.39 is 0 Å². The van der Waals surface area contributed by atoms with Gasteiger partial charge in [-0.1, -0.05) is 37.9 Å². The summed E-state index contributed by atoms with van der Waals surface area (Å²) in [6, 6.07) is 6.80. The van der Waals surface area contributed by atoms with Gasteiger partial charge in [0.15, 0.2) is 0 Å². The fourth-order valence-corrected chi connectivity index (χ4v) is 4.13. The number of likely N-dealkylation sites (tertiary alicyclic amines) is 1. The summed E-state index contributed by atoms with van der Waals surface area (Å²) in [5, 5.41) is 4.66. The van der Waals surface area contributed by atoms with Gasteiger partial charge in [-0.25, -0.2) is 0 Å². The van der Waals surface area contributed by atoms with Crippen molar-refractivity contribution in [1.29, 1.82) is 0 Å². The Morgan fingerprint density at radius 2 is 2.00 bits per heavy atom. The Morgan fingerprint density at radius 1 is 1.24 bits per heavy atom. The average molecular weight is 307 g/mol. The second kappa shape index (κ2) is 6.28. The molecule has 0 saturated carbocycles. The highest BCUT2D eigenvalue weighted by atomic mass is 35.5. The summed E-state index contributed by atoms with van der Waals surface area (Å²) in [5.74, 6) is 0. The van der Waals surface area contributed by atoms with Crippen LogP contribution in [0.4, 0.5) is 0 Å². The number of nitrogens with zero attached hydrogens (tertiary/aromatic N) is 1. The third-order valence-electron chi connectivity index (χ3n) is 5.07. The molecule has 1 atom stereocenters. The predicted octanol–water partition coefficient (Wildman–Crippen LogP) is 4.04. The first-order valence-electron chi connectivity index (χ1n) is 8.30. The molecule has 0 bridgehead atoms. The molecule has 2 aliphatic rings. The number of halogens is 1. The van der Waals surface area contributed by atoms with E-state index in [1.54, 1.807) is 0 Å². The summed E-state index contributed by atoms with van der Waals surface area (Å²) in [5.41, 5.74) is 3.14. The van der Waals surface area contributed by atoms with Gasteiger partial charge in [-0.2, -0.15) is 0 Å². The highest BCUT2D eigenvalue weighted by Crippen LogP contribution is 2.45. The molecule has 1 fully saturated rings. The Hall–Kier alpha value is -0.570. The summed E-state index contributed by atoms with van der Waals surface area (Å²) in [6.45, 7) is 9.51. The predicted molar refractivity (Wildman–Crippen MR) is 90.0 cm³/mol. The van der Waals surface area contributed by atoms with E-state index in [2.05, 4.69) is 36.2 Å². The molecule has 1 unspecified atom stereocenters. The van der Waals surface area contributed by atoms with E-state index in [9.17, 15) is 0 Å². The van der Waals surface area contributed by atoms with E-state index in [-0.39, 0.29) is 5.41 Å². The first-order chi connectivity index (χ1) is 10.1. The molecule has 1 heterocycles. The number of nitrogens with one attached hydrogen (secondary N) is 1. The number of rotatable bonds is 4. The van der Waals surface area contributed by atoms with Gasteiger partial charge in [-0.05, 0) is 61.0 Å². The van der Waals surface area contributed by atoms with Gasteiger partial charge in [0.2, 0.25) is 0 Å². The van der Waals surface area contributed by atoms with Crippen molar-refractivity contribution in [2.24, 2.45) is 5.41 Å². The Labute approximate surface area is 133 Å². The largest absolute Gasteiger partial charge is 0.308 e. The zero-order valence-corrected chi connectivity index (χ0v) is 14.0. The smallest absolute Gasteiger partial charge is 0.0409 e. The average Bonchev–Trinajstić information content (AvgIpc) is 2.71. The van der Waals surface area contributed by atoms with E-state index in [1.165, 1.54) is 50.0 Å². The van der Waals surface area contributed by atoms with Crippen LogP contribution in [0.25, 0.3) is 0 Å². The quantitative estimate of drug-likeness (QED) is 0.903. The maximum absolute atomic E-state index is 6.20. The Balaban J connectivity index is 1.62. The lowest BCUT2D eigenvalue weighted by atomic mass is 9.85. The molecule has 116 valence electrons. The molecule has 1 aromatic carbocycles. The molecule has 1 aliphatic carbocycles. The fourth-order valence-electron chi connectivity index (χ4n) is 3.95. The van der Waals surface area contributed by atoms with Crippen molar-refractivity contribution in [1.82, 2.24) is 10.2 Å². The number of benzene rings is 1. The van der Waals surface area contributed by atoms with Crippen molar-refractivity contribution < 1.29 is 0 Å². The summed E-state index contributed by atoms with van der Waals surface area (Å²) >= 11 is 6.20. The molecule has 0 spiro atoms. The molecule has 3 rings (SSSR count). The molecule has 1 saturated heterocycles. The number of hydrogen-bond acceptors (Lipinski definition) is 2. The lowest BCUT2D eigenvalue weighted by molar-refractivity contribution is 0.210. The normalized spacial score (nSPS) is 25.0. The fraction of sp³-hybridized carbons (Fsp3) is 0.667. The van der Waals surface area contributed by atoms with Gasteiger partial charge in [0, 0.05) is 24.2 Å². The minimum Gasteiger partial charge on any atom is -0.308 e. The molecule has 1 aliphatic heterocycles. The Bertz CT molecular complexity index is 492. The van der Waals surface area contributed by atoms with Crippen LogP contribution < -0.4 is 5.32 Å². The molecule has 0 aromatic heterocycles. The number of piperidine rings is 1. The lowest BCUT2D eigenvalue weighted by Gasteiger charge is -2.31. The van der Waals surface area contributed by atoms with Crippen LogP contribution in [0.2, 0.25) is 5.02 Å². The van der Waals surface area contributed by atoms with Gasteiger partial charge in [0.25, 0.3) is 0 Å². The van der Waals surface area contributed by atoms with Crippen LogP contribution >= 0.6 is 11.6 Å². The van der Waals surface area contributed by atoms with Crippen LogP contribution in [-0.4, -0.2) is 31.1 Å². The van der Waals surface area contributed by atoms with Crippen molar-refractivity contribution in [2.75, 3.05) is 26.2 Å². The lowest BCUT2D eigenvalue weighted by Crippen LogP contribution is -2.39. The minimum absolute atomic E-state index is 0.273.